The number of nitrogens with one attached hydrogen (secondary N) is 2. The zero-order chi connectivity index (χ0) is 19.4. The van der Waals surface area contributed by atoms with Gasteiger partial charge >= 0.3 is 0 Å². The number of carbonyl (C=O) groups is 2. The molecule has 0 saturated carbocycles. The monoisotopic (exact) mass is 426 g/mol. The van der Waals surface area contributed by atoms with E-state index in [1.54, 1.807) is 42.1 Å². The van der Waals surface area contributed by atoms with Crippen LogP contribution in [0.2, 0.25) is 0 Å². The molecule has 0 unspecified atom stereocenters. The second-order valence-electron chi connectivity index (χ2n) is 5.97. The van der Waals surface area contributed by atoms with Crippen LogP contribution in [0.4, 0.5) is 11.4 Å². The van der Waals surface area contributed by atoms with Gasteiger partial charge in [0.1, 0.15) is 0 Å². The molecule has 2 aromatic carbocycles. The molecular formula is C20H19BrN4O2. The van der Waals surface area contributed by atoms with Crippen LogP contribution in [0.5, 0.6) is 0 Å². The number of halogens is 1. The number of amides is 2. The molecule has 0 bridgehead atoms. The molecule has 1 heterocycles. The standard InChI is InChI=1S/C20H19BrN4O2/c1-3-19(26)23-15-6-8-16(9-7-15)24-20(27)18-12-22-25(13(18)2)17-10-4-14(21)5-11-17/h4-12H,3H2,1-2H3,(H,23,26)(H,24,27). The quantitative estimate of drug-likeness (QED) is 0.628. The first kappa shape index (κ1) is 18.8. The third kappa shape index (κ3) is 4.43. The number of benzene rings is 2. The maximum Gasteiger partial charge on any atom is 0.259 e. The van der Waals surface area contributed by atoms with Crippen LogP contribution in [0.1, 0.15) is 29.4 Å². The summed E-state index contributed by atoms with van der Waals surface area (Å²) in [6, 6.07) is 14.7. The molecule has 2 amide bonds. The largest absolute Gasteiger partial charge is 0.326 e. The van der Waals surface area contributed by atoms with E-state index < -0.39 is 0 Å². The third-order valence-corrected chi connectivity index (χ3v) is 4.60. The molecule has 0 atom stereocenters. The van der Waals surface area contributed by atoms with Crippen molar-refractivity contribution in [3.05, 3.63) is 70.5 Å². The van der Waals surface area contributed by atoms with Crippen molar-refractivity contribution in [2.45, 2.75) is 20.3 Å². The van der Waals surface area contributed by atoms with Crippen molar-refractivity contribution in [2.24, 2.45) is 0 Å². The summed E-state index contributed by atoms with van der Waals surface area (Å²) in [4.78, 5) is 24.0. The van der Waals surface area contributed by atoms with E-state index in [2.05, 4.69) is 31.7 Å². The number of nitrogens with zero attached hydrogens (tertiary/aromatic N) is 2. The molecule has 0 spiro atoms. The number of aromatic nitrogens is 2. The lowest BCUT2D eigenvalue weighted by Crippen LogP contribution is -2.13. The van der Waals surface area contributed by atoms with E-state index in [1.165, 1.54) is 0 Å². The molecule has 1 aromatic heterocycles. The van der Waals surface area contributed by atoms with Crippen molar-refractivity contribution in [1.29, 1.82) is 0 Å². The Morgan fingerprint density at radius 2 is 1.59 bits per heavy atom. The maximum atomic E-state index is 12.6. The van der Waals surface area contributed by atoms with Gasteiger partial charge in [-0.2, -0.15) is 5.10 Å². The fourth-order valence-electron chi connectivity index (χ4n) is 2.56. The van der Waals surface area contributed by atoms with Gasteiger partial charge in [-0.05, 0) is 55.5 Å². The first-order valence-corrected chi connectivity index (χ1v) is 9.29. The summed E-state index contributed by atoms with van der Waals surface area (Å²) >= 11 is 3.41. The Morgan fingerprint density at radius 3 is 2.19 bits per heavy atom. The molecule has 3 rings (SSSR count). The Morgan fingerprint density at radius 1 is 1.00 bits per heavy atom. The first-order valence-electron chi connectivity index (χ1n) is 8.49. The Bertz CT molecular complexity index is 963. The van der Waals surface area contributed by atoms with Crippen LogP contribution in [-0.2, 0) is 4.79 Å². The molecule has 0 aliphatic heterocycles. The average molecular weight is 427 g/mol. The van der Waals surface area contributed by atoms with E-state index in [0.717, 1.165) is 15.9 Å². The van der Waals surface area contributed by atoms with Crippen molar-refractivity contribution in [3.63, 3.8) is 0 Å². The molecule has 0 radical (unpaired) electrons. The summed E-state index contributed by atoms with van der Waals surface area (Å²) in [5.41, 5.74) is 3.47. The second kappa shape index (κ2) is 8.18. The predicted octanol–water partition coefficient (Wildman–Crippen LogP) is 4.54. The molecule has 2 N–H and O–H groups in total. The topological polar surface area (TPSA) is 76.0 Å². The summed E-state index contributed by atoms with van der Waals surface area (Å²) in [6.45, 7) is 3.65. The van der Waals surface area contributed by atoms with Crippen molar-refractivity contribution < 1.29 is 9.59 Å². The Balaban J connectivity index is 1.73. The summed E-state index contributed by atoms with van der Waals surface area (Å²) in [6.07, 6.45) is 1.97. The molecule has 0 aliphatic rings. The van der Waals surface area contributed by atoms with Gasteiger partial charge in [-0.1, -0.05) is 22.9 Å². The minimum Gasteiger partial charge on any atom is -0.326 e. The number of hydrogen-bond acceptors (Lipinski definition) is 3. The van der Waals surface area contributed by atoms with Crippen LogP contribution in [0, 0.1) is 6.92 Å². The van der Waals surface area contributed by atoms with Gasteiger partial charge in [-0.3, -0.25) is 9.59 Å². The molecule has 0 fully saturated rings. The molecule has 0 aliphatic carbocycles. The van der Waals surface area contributed by atoms with Gasteiger partial charge in [0.2, 0.25) is 5.91 Å². The zero-order valence-electron chi connectivity index (χ0n) is 15.0. The summed E-state index contributed by atoms with van der Waals surface area (Å²) in [5.74, 6) is -0.288. The first-order chi connectivity index (χ1) is 13.0. The van der Waals surface area contributed by atoms with Crippen LogP contribution < -0.4 is 10.6 Å². The van der Waals surface area contributed by atoms with E-state index in [4.69, 9.17) is 0 Å². The van der Waals surface area contributed by atoms with Crippen molar-refractivity contribution in [3.8, 4) is 5.69 Å². The van der Waals surface area contributed by atoms with Crippen molar-refractivity contribution >= 4 is 39.1 Å². The van der Waals surface area contributed by atoms with Gasteiger partial charge in [0.25, 0.3) is 5.91 Å². The molecule has 138 valence electrons. The zero-order valence-corrected chi connectivity index (χ0v) is 16.6. The molecule has 0 saturated heterocycles. The Kier molecular flexibility index (Phi) is 5.71. The van der Waals surface area contributed by atoms with E-state index in [9.17, 15) is 9.59 Å². The van der Waals surface area contributed by atoms with Gasteiger partial charge in [-0.15, -0.1) is 0 Å². The highest BCUT2D eigenvalue weighted by Crippen LogP contribution is 2.19. The molecule has 27 heavy (non-hydrogen) atoms. The molecule has 7 heteroatoms. The fourth-order valence-corrected chi connectivity index (χ4v) is 2.82. The van der Waals surface area contributed by atoms with Crippen LogP contribution in [-0.4, -0.2) is 21.6 Å². The fraction of sp³-hybridized carbons (Fsp3) is 0.150. The molecular weight excluding hydrogens is 408 g/mol. The third-order valence-electron chi connectivity index (χ3n) is 4.07. The van der Waals surface area contributed by atoms with Gasteiger partial charge in [0.15, 0.2) is 0 Å². The highest BCUT2D eigenvalue weighted by atomic mass is 79.9. The highest BCUT2D eigenvalue weighted by Gasteiger charge is 2.15. The maximum absolute atomic E-state index is 12.6. The summed E-state index contributed by atoms with van der Waals surface area (Å²) in [7, 11) is 0. The smallest absolute Gasteiger partial charge is 0.259 e. The van der Waals surface area contributed by atoms with Crippen LogP contribution in [0.15, 0.2) is 59.2 Å². The van der Waals surface area contributed by atoms with Gasteiger partial charge in [-0.25, -0.2) is 4.68 Å². The number of carbonyl (C=O) groups excluding carboxylic acids is 2. The predicted molar refractivity (Wildman–Crippen MR) is 109 cm³/mol. The number of anilines is 2. The molecule has 3 aromatic rings. The Hall–Kier alpha value is -2.93. The van der Waals surface area contributed by atoms with E-state index in [-0.39, 0.29) is 11.8 Å². The second-order valence-corrected chi connectivity index (χ2v) is 6.88. The van der Waals surface area contributed by atoms with Crippen LogP contribution in [0.25, 0.3) is 5.69 Å². The van der Waals surface area contributed by atoms with Crippen molar-refractivity contribution in [1.82, 2.24) is 9.78 Å². The van der Waals surface area contributed by atoms with Crippen LogP contribution >= 0.6 is 15.9 Å². The lowest BCUT2D eigenvalue weighted by molar-refractivity contribution is -0.115. The summed E-state index contributed by atoms with van der Waals surface area (Å²) < 4.78 is 2.71. The van der Waals surface area contributed by atoms with E-state index in [1.807, 2.05) is 31.2 Å². The highest BCUT2D eigenvalue weighted by molar-refractivity contribution is 9.10. The Labute approximate surface area is 165 Å². The van der Waals surface area contributed by atoms with Crippen LogP contribution in [0.3, 0.4) is 0 Å². The minimum absolute atomic E-state index is 0.0530. The van der Waals surface area contributed by atoms with E-state index in [0.29, 0.717) is 23.4 Å². The van der Waals surface area contributed by atoms with Gasteiger partial charge in [0, 0.05) is 22.3 Å². The van der Waals surface area contributed by atoms with Gasteiger partial charge in [0.05, 0.1) is 23.1 Å². The lowest BCUT2D eigenvalue weighted by Gasteiger charge is -2.08. The normalized spacial score (nSPS) is 10.5. The molecule has 6 nitrogen and oxygen atoms in total. The van der Waals surface area contributed by atoms with Gasteiger partial charge < -0.3 is 10.6 Å². The number of rotatable bonds is 5. The lowest BCUT2D eigenvalue weighted by atomic mass is 10.2. The SMILES string of the molecule is CCC(=O)Nc1ccc(NC(=O)c2cnn(-c3ccc(Br)cc3)c2C)cc1. The number of hydrogen-bond donors (Lipinski definition) is 2. The average Bonchev–Trinajstić information content (AvgIpc) is 3.05. The van der Waals surface area contributed by atoms with E-state index >= 15 is 0 Å². The van der Waals surface area contributed by atoms with Crippen molar-refractivity contribution in [2.75, 3.05) is 10.6 Å². The minimum atomic E-state index is -0.235. The summed E-state index contributed by atoms with van der Waals surface area (Å²) in [5, 5.41) is 9.95.